The summed E-state index contributed by atoms with van der Waals surface area (Å²) in [5.74, 6) is -2.10. The lowest BCUT2D eigenvalue weighted by Gasteiger charge is -2.48. The molecule has 52 heavy (non-hydrogen) atoms. The van der Waals surface area contributed by atoms with E-state index in [9.17, 15) is 47.0 Å². The monoisotopic (exact) mass is 755 g/mol. The zero-order valence-corrected chi connectivity index (χ0v) is 29.5. The molecular weight excluding hydrogens is 716 g/mol. The van der Waals surface area contributed by atoms with Crippen LogP contribution >= 0.6 is 7.60 Å². The number of β-lactam (4-membered cyclic amide) rings is 1. The summed E-state index contributed by atoms with van der Waals surface area (Å²) >= 11 is 0. The van der Waals surface area contributed by atoms with Crippen molar-refractivity contribution in [2.45, 2.75) is 38.0 Å². The van der Waals surface area contributed by atoms with Crippen molar-refractivity contribution in [3.63, 3.8) is 0 Å². The van der Waals surface area contributed by atoms with Gasteiger partial charge in [0.25, 0.3) is 10.1 Å². The minimum absolute atomic E-state index is 0.0109. The first-order valence-electron chi connectivity index (χ1n) is 16.4. The Morgan fingerprint density at radius 2 is 1.58 bits per heavy atom. The standard InChI is InChI=1S/C36H39FN3O10PS/c37-27-8-3-25(4-9-27)32(41)16-15-31-35(30-14-7-26(21-33(30)42)24-5-12-29(13-6-24)51(45,46)47)40(36(31)44)28-10-1-23(2-11-28)22-39-34(43)17-18-38-19-20-52(48,49)50/h1-14,21,31-32,35,38,41-42H,15-20,22H2,(H,39,43)(H2,45,46,47)(H,48,49,50)/t31-,32+,35-/m1/s1. The van der Waals surface area contributed by atoms with Crippen LogP contribution in [0.25, 0.3) is 11.1 Å². The van der Waals surface area contributed by atoms with Crippen molar-refractivity contribution in [2.24, 2.45) is 5.92 Å². The molecule has 13 nitrogen and oxygen atoms in total. The molecule has 4 aromatic carbocycles. The third-order valence-corrected chi connectivity index (χ3v) is 10.6. The van der Waals surface area contributed by atoms with Gasteiger partial charge in [0, 0.05) is 37.3 Å². The third-order valence-electron chi connectivity index (χ3n) is 8.88. The Bertz CT molecular complexity index is 2040. The number of hydrogen-bond acceptors (Lipinski definition) is 8. The molecule has 0 unspecified atom stereocenters. The molecule has 0 radical (unpaired) electrons. The number of anilines is 1. The zero-order valence-electron chi connectivity index (χ0n) is 27.8. The molecule has 0 spiro atoms. The molecule has 5 rings (SSSR count). The molecule has 0 saturated carbocycles. The SMILES string of the molecule is O=C(CCNCCS(=O)(=O)O)NCc1ccc(N2C(=O)[C@H](CC[C@H](O)c3ccc(F)cc3)[C@H]2c2ccc(-c3ccc(P(=O)(O)O)cc3)cc2O)cc1. The highest BCUT2D eigenvalue weighted by Gasteiger charge is 2.49. The predicted molar refractivity (Wildman–Crippen MR) is 192 cm³/mol. The number of carbonyl (C=O) groups excluding carboxylic acids is 2. The van der Waals surface area contributed by atoms with Crippen LogP contribution in [-0.2, 0) is 30.8 Å². The lowest BCUT2D eigenvalue weighted by Crippen LogP contribution is -2.55. The maximum Gasteiger partial charge on any atom is 0.356 e. The summed E-state index contributed by atoms with van der Waals surface area (Å²) in [6.07, 6.45) is -0.396. The molecule has 3 atom stereocenters. The van der Waals surface area contributed by atoms with E-state index in [2.05, 4.69) is 10.6 Å². The molecule has 0 bridgehead atoms. The first-order valence-corrected chi connectivity index (χ1v) is 19.6. The number of phenolic OH excluding ortho intramolecular Hbond substituents is 1. The molecule has 276 valence electrons. The van der Waals surface area contributed by atoms with Gasteiger partial charge in [-0.2, -0.15) is 8.42 Å². The second kappa shape index (κ2) is 16.5. The van der Waals surface area contributed by atoms with Gasteiger partial charge in [-0.3, -0.25) is 18.7 Å². The van der Waals surface area contributed by atoms with Crippen LogP contribution in [0.2, 0.25) is 0 Å². The van der Waals surface area contributed by atoms with Crippen LogP contribution in [0.3, 0.4) is 0 Å². The van der Waals surface area contributed by atoms with Gasteiger partial charge >= 0.3 is 7.60 Å². The van der Waals surface area contributed by atoms with Gasteiger partial charge < -0.3 is 35.5 Å². The van der Waals surface area contributed by atoms with Crippen LogP contribution < -0.4 is 20.8 Å². The highest BCUT2D eigenvalue weighted by Crippen LogP contribution is 2.49. The fourth-order valence-corrected chi connectivity index (χ4v) is 7.02. The third kappa shape index (κ3) is 9.89. The number of phenols is 1. The minimum atomic E-state index is -4.43. The number of hydrogen-bond donors (Lipinski definition) is 7. The lowest BCUT2D eigenvalue weighted by atomic mass is 9.77. The van der Waals surface area contributed by atoms with E-state index in [4.69, 9.17) is 4.55 Å². The van der Waals surface area contributed by atoms with Crippen LogP contribution in [0, 0.1) is 11.7 Å². The number of amides is 2. The summed E-state index contributed by atoms with van der Waals surface area (Å²) < 4.78 is 55.4. The van der Waals surface area contributed by atoms with Gasteiger partial charge in [0.15, 0.2) is 0 Å². The van der Waals surface area contributed by atoms with Crippen molar-refractivity contribution in [1.29, 1.82) is 0 Å². The number of halogens is 1. The van der Waals surface area contributed by atoms with Crippen molar-refractivity contribution >= 4 is 40.5 Å². The average molecular weight is 756 g/mol. The number of aliphatic hydroxyl groups is 1. The summed E-state index contributed by atoms with van der Waals surface area (Å²) in [4.78, 5) is 46.4. The van der Waals surface area contributed by atoms with Crippen LogP contribution in [-0.4, -0.2) is 63.6 Å². The number of aromatic hydroxyl groups is 1. The topological polar surface area (TPSA) is 214 Å². The van der Waals surface area contributed by atoms with E-state index in [0.717, 1.165) is 5.56 Å². The molecular formula is C36H39FN3O10PS. The smallest absolute Gasteiger partial charge is 0.356 e. The van der Waals surface area contributed by atoms with Crippen LogP contribution in [0.4, 0.5) is 10.1 Å². The molecule has 1 fully saturated rings. The van der Waals surface area contributed by atoms with Gasteiger partial charge in [-0.05, 0) is 77.6 Å². The van der Waals surface area contributed by atoms with Crippen LogP contribution in [0.1, 0.15) is 48.1 Å². The minimum Gasteiger partial charge on any atom is -0.508 e. The van der Waals surface area contributed by atoms with Gasteiger partial charge in [-0.15, -0.1) is 0 Å². The molecule has 2 amide bonds. The van der Waals surface area contributed by atoms with Crippen molar-refractivity contribution in [2.75, 3.05) is 23.7 Å². The van der Waals surface area contributed by atoms with Crippen molar-refractivity contribution < 1.29 is 51.5 Å². The molecule has 1 aliphatic heterocycles. The fraction of sp³-hybridized carbons (Fsp3) is 0.278. The molecule has 1 heterocycles. The maximum absolute atomic E-state index is 13.7. The van der Waals surface area contributed by atoms with Gasteiger partial charge in [-0.25, -0.2) is 4.39 Å². The fourth-order valence-electron chi connectivity index (χ4n) is 6.08. The summed E-state index contributed by atoms with van der Waals surface area (Å²) in [5.41, 5.74) is 3.44. The molecule has 4 aromatic rings. The van der Waals surface area contributed by atoms with Gasteiger partial charge in [0.1, 0.15) is 11.6 Å². The summed E-state index contributed by atoms with van der Waals surface area (Å²) in [7, 11) is -8.51. The number of nitrogens with zero attached hydrogens (tertiary/aromatic N) is 1. The molecule has 16 heteroatoms. The Balaban J connectivity index is 1.30. The molecule has 1 aliphatic rings. The highest BCUT2D eigenvalue weighted by atomic mass is 32.2. The lowest BCUT2D eigenvalue weighted by molar-refractivity contribution is -0.131. The Hall–Kier alpha value is -4.47. The predicted octanol–water partition coefficient (Wildman–Crippen LogP) is 3.70. The van der Waals surface area contributed by atoms with E-state index in [-0.39, 0.29) is 61.8 Å². The number of nitrogens with one attached hydrogen (secondary N) is 2. The summed E-state index contributed by atoms with van der Waals surface area (Å²) in [6.45, 7) is 0.428. The first-order chi connectivity index (χ1) is 24.6. The number of aliphatic hydroxyl groups excluding tert-OH is 1. The van der Waals surface area contributed by atoms with E-state index >= 15 is 0 Å². The van der Waals surface area contributed by atoms with Gasteiger partial charge in [-0.1, -0.05) is 48.5 Å². The molecule has 1 saturated heterocycles. The van der Waals surface area contributed by atoms with E-state index in [0.29, 0.717) is 27.9 Å². The van der Waals surface area contributed by atoms with Gasteiger partial charge in [0.05, 0.1) is 29.1 Å². The van der Waals surface area contributed by atoms with Crippen molar-refractivity contribution in [3.8, 4) is 16.9 Å². The van der Waals surface area contributed by atoms with Crippen LogP contribution in [0.15, 0.2) is 91.0 Å². The van der Waals surface area contributed by atoms with Crippen LogP contribution in [0.5, 0.6) is 5.75 Å². The normalized spacial score (nSPS) is 16.7. The summed E-state index contributed by atoms with van der Waals surface area (Å²) in [5, 5.41) is 27.5. The average Bonchev–Trinajstić information content (AvgIpc) is 3.09. The second-order valence-electron chi connectivity index (χ2n) is 12.5. The van der Waals surface area contributed by atoms with E-state index in [1.54, 1.807) is 41.3 Å². The zero-order chi connectivity index (χ0) is 37.6. The summed E-state index contributed by atoms with van der Waals surface area (Å²) in [6, 6.07) is 22.5. The first kappa shape index (κ1) is 38.8. The van der Waals surface area contributed by atoms with E-state index in [1.807, 2.05) is 0 Å². The Labute approximate surface area is 300 Å². The second-order valence-corrected chi connectivity index (χ2v) is 15.7. The van der Waals surface area contributed by atoms with Crippen molar-refractivity contribution in [1.82, 2.24) is 10.6 Å². The maximum atomic E-state index is 13.7. The van der Waals surface area contributed by atoms with Crippen molar-refractivity contribution in [3.05, 3.63) is 114 Å². The van der Waals surface area contributed by atoms with Gasteiger partial charge in [0.2, 0.25) is 11.8 Å². The number of rotatable bonds is 16. The highest BCUT2D eigenvalue weighted by molar-refractivity contribution is 7.85. The largest absolute Gasteiger partial charge is 0.508 e. The Kier molecular flexibility index (Phi) is 12.3. The molecule has 0 aromatic heterocycles. The Morgan fingerprint density at radius 1 is 0.923 bits per heavy atom. The Morgan fingerprint density at radius 3 is 2.19 bits per heavy atom. The quantitative estimate of drug-likeness (QED) is 0.0379. The molecule has 7 N–H and O–H groups in total. The van der Waals surface area contributed by atoms with E-state index < -0.39 is 47.3 Å². The molecule has 0 aliphatic carbocycles. The number of benzene rings is 4. The number of carbonyl (C=O) groups is 2. The van der Waals surface area contributed by atoms with E-state index in [1.165, 1.54) is 54.6 Å².